The average Bonchev–Trinajstić information content (AvgIpc) is 2.78. The van der Waals surface area contributed by atoms with Gasteiger partial charge in [0.15, 0.2) is 0 Å². The molecule has 0 amide bonds. The smallest absolute Gasteiger partial charge is 0.0595 e. The molecule has 0 saturated heterocycles. The maximum Gasteiger partial charge on any atom is 0.0595 e. The molecular weight excluding hydrogens is 340 g/mol. The maximum absolute atomic E-state index is 6.37. The number of halogens is 2. The molecule has 19 heavy (non-hydrogen) atoms. The first-order valence-electron chi connectivity index (χ1n) is 5.93. The van der Waals surface area contributed by atoms with Gasteiger partial charge in [0, 0.05) is 19.9 Å². The molecule has 0 aliphatic rings. The second kappa shape index (κ2) is 4.20. The van der Waals surface area contributed by atoms with Gasteiger partial charge in [-0.3, -0.25) is 0 Å². The van der Waals surface area contributed by atoms with E-state index in [0.717, 1.165) is 14.2 Å². The highest BCUT2D eigenvalue weighted by Crippen LogP contribution is 2.42. The molecule has 0 unspecified atom stereocenters. The number of thiophene rings is 1. The zero-order chi connectivity index (χ0) is 13.0. The summed E-state index contributed by atoms with van der Waals surface area (Å²) >= 11 is 11.7. The van der Waals surface area contributed by atoms with Gasteiger partial charge in [-0.05, 0) is 29.0 Å². The van der Waals surface area contributed by atoms with Crippen molar-refractivity contribution < 1.29 is 0 Å². The van der Waals surface area contributed by atoms with Crippen LogP contribution in [-0.4, -0.2) is 0 Å². The van der Waals surface area contributed by atoms with Crippen LogP contribution in [0.15, 0.2) is 53.0 Å². The van der Waals surface area contributed by atoms with Crippen LogP contribution in [-0.2, 0) is 0 Å². The first-order valence-corrected chi connectivity index (χ1v) is 7.92. The average molecular weight is 348 g/mol. The van der Waals surface area contributed by atoms with E-state index >= 15 is 0 Å². The second-order valence-corrected chi connectivity index (χ2v) is 6.90. The normalized spacial score (nSPS) is 11.7. The predicted molar refractivity (Wildman–Crippen MR) is 89.5 cm³/mol. The summed E-state index contributed by atoms with van der Waals surface area (Å²) < 4.78 is 3.47. The Morgan fingerprint density at radius 3 is 2.68 bits per heavy atom. The van der Waals surface area contributed by atoms with Gasteiger partial charge in [-0.15, -0.1) is 11.3 Å². The van der Waals surface area contributed by atoms with Crippen molar-refractivity contribution in [3.05, 3.63) is 58.0 Å². The van der Waals surface area contributed by atoms with Gasteiger partial charge < -0.3 is 0 Å². The lowest BCUT2D eigenvalue weighted by Gasteiger charge is -2.00. The fourth-order valence-electron chi connectivity index (χ4n) is 2.57. The Morgan fingerprint density at radius 2 is 1.79 bits per heavy atom. The monoisotopic (exact) mass is 346 g/mol. The summed E-state index contributed by atoms with van der Waals surface area (Å²) in [5.41, 5.74) is 0. The molecule has 4 rings (SSSR count). The van der Waals surface area contributed by atoms with Gasteiger partial charge in [0.1, 0.15) is 0 Å². The molecule has 1 heterocycles. The highest BCUT2D eigenvalue weighted by Gasteiger charge is 2.11. The Kier molecular flexibility index (Phi) is 2.59. The molecule has 4 aromatic rings. The molecule has 0 aliphatic heterocycles. The lowest BCUT2D eigenvalue weighted by molar-refractivity contribution is 1.77. The summed E-state index contributed by atoms with van der Waals surface area (Å²) in [6.07, 6.45) is 0. The van der Waals surface area contributed by atoms with E-state index in [4.69, 9.17) is 11.6 Å². The Morgan fingerprint density at radius 1 is 0.947 bits per heavy atom. The van der Waals surface area contributed by atoms with Crippen LogP contribution < -0.4 is 0 Å². The van der Waals surface area contributed by atoms with Gasteiger partial charge >= 0.3 is 0 Å². The van der Waals surface area contributed by atoms with Crippen molar-refractivity contribution in [2.75, 3.05) is 0 Å². The quantitative estimate of drug-likeness (QED) is 0.335. The second-order valence-electron chi connectivity index (χ2n) is 4.53. The van der Waals surface area contributed by atoms with Crippen molar-refractivity contribution in [2.24, 2.45) is 0 Å². The van der Waals surface area contributed by atoms with E-state index in [1.807, 2.05) is 6.07 Å². The van der Waals surface area contributed by atoms with Gasteiger partial charge in [0.25, 0.3) is 0 Å². The summed E-state index contributed by atoms with van der Waals surface area (Å²) in [5.74, 6) is 0. The molecule has 1 aromatic heterocycles. The molecule has 0 atom stereocenters. The fourth-order valence-corrected chi connectivity index (χ4v) is 4.60. The largest absolute Gasteiger partial charge is 0.134 e. The maximum atomic E-state index is 6.37. The van der Waals surface area contributed by atoms with Crippen LogP contribution in [0.3, 0.4) is 0 Å². The van der Waals surface area contributed by atoms with Crippen LogP contribution >= 0.6 is 38.9 Å². The summed E-state index contributed by atoms with van der Waals surface area (Å²) in [5, 5.41) is 5.92. The summed E-state index contributed by atoms with van der Waals surface area (Å²) in [6, 6.07) is 17.0. The molecule has 0 fully saturated rings. The Hall–Kier alpha value is -1.09. The lowest BCUT2D eigenvalue weighted by Crippen LogP contribution is -1.74. The topological polar surface area (TPSA) is 0 Å². The van der Waals surface area contributed by atoms with E-state index in [9.17, 15) is 0 Å². The van der Waals surface area contributed by atoms with Crippen molar-refractivity contribution in [1.82, 2.24) is 0 Å². The van der Waals surface area contributed by atoms with Crippen LogP contribution in [0.5, 0.6) is 0 Å². The van der Waals surface area contributed by atoms with E-state index in [0.29, 0.717) is 0 Å². The molecule has 0 aliphatic carbocycles. The minimum Gasteiger partial charge on any atom is -0.134 e. The molecule has 0 nitrogen and oxygen atoms in total. The highest BCUT2D eigenvalue weighted by atomic mass is 79.9. The van der Waals surface area contributed by atoms with Crippen molar-refractivity contribution in [3.63, 3.8) is 0 Å². The van der Waals surface area contributed by atoms with Gasteiger partial charge in [-0.1, -0.05) is 57.9 Å². The zero-order valence-electron chi connectivity index (χ0n) is 9.78. The van der Waals surface area contributed by atoms with Crippen molar-refractivity contribution in [2.45, 2.75) is 0 Å². The minimum atomic E-state index is 0.814. The first-order chi connectivity index (χ1) is 9.24. The fraction of sp³-hybridized carbons (Fsp3) is 0. The predicted octanol–water partition coefficient (Wildman–Crippen LogP) is 6.62. The SMILES string of the molecule is Clc1cc(Br)cc2c1sc1ccc3ccccc3c12. The summed E-state index contributed by atoms with van der Waals surface area (Å²) in [6.45, 7) is 0. The van der Waals surface area contributed by atoms with Crippen LogP contribution in [0, 0.1) is 0 Å². The first kappa shape index (κ1) is 11.7. The van der Waals surface area contributed by atoms with Crippen molar-refractivity contribution in [3.8, 4) is 0 Å². The third kappa shape index (κ3) is 1.71. The standard InChI is InChI=1S/C16H8BrClS/c17-10-7-12-15-11-4-2-1-3-9(11)5-6-14(15)19-16(12)13(18)8-10/h1-8H. The van der Waals surface area contributed by atoms with Crippen molar-refractivity contribution >= 4 is 69.8 Å². The van der Waals surface area contributed by atoms with Gasteiger partial charge in [0.05, 0.1) is 9.72 Å². The summed E-state index contributed by atoms with van der Waals surface area (Å²) in [7, 11) is 0. The van der Waals surface area contributed by atoms with Crippen LogP contribution in [0.1, 0.15) is 0 Å². The number of hydrogen-bond acceptors (Lipinski definition) is 1. The van der Waals surface area contributed by atoms with Crippen LogP contribution in [0.2, 0.25) is 5.02 Å². The molecule has 0 N–H and O–H groups in total. The third-order valence-electron chi connectivity index (χ3n) is 3.38. The lowest BCUT2D eigenvalue weighted by atomic mass is 10.0. The number of fused-ring (bicyclic) bond motifs is 5. The molecule has 3 aromatic carbocycles. The van der Waals surface area contributed by atoms with E-state index in [1.54, 1.807) is 11.3 Å². The molecule has 0 spiro atoms. The summed E-state index contributed by atoms with van der Waals surface area (Å²) in [4.78, 5) is 0. The van der Waals surface area contributed by atoms with Gasteiger partial charge in [-0.25, -0.2) is 0 Å². The van der Waals surface area contributed by atoms with E-state index in [-0.39, 0.29) is 0 Å². The third-order valence-corrected chi connectivity index (χ3v) is 5.45. The molecule has 92 valence electrons. The molecule has 0 saturated carbocycles. The number of rotatable bonds is 0. The molecule has 0 bridgehead atoms. The van der Waals surface area contributed by atoms with Crippen molar-refractivity contribution in [1.29, 1.82) is 0 Å². The van der Waals surface area contributed by atoms with Gasteiger partial charge in [0.2, 0.25) is 0 Å². The Bertz CT molecular complexity index is 940. The zero-order valence-corrected chi connectivity index (χ0v) is 12.9. The number of benzene rings is 3. The van der Waals surface area contributed by atoms with E-state index in [2.05, 4.69) is 58.4 Å². The van der Waals surface area contributed by atoms with Crippen LogP contribution in [0.25, 0.3) is 30.9 Å². The Labute approximate surface area is 127 Å². The molecular formula is C16H8BrClS. The van der Waals surface area contributed by atoms with Crippen LogP contribution in [0.4, 0.5) is 0 Å². The molecule has 0 radical (unpaired) electrons. The van der Waals surface area contributed by atoms with E-state index < -0.39 is 0 Å². The Balaban J connectivity index is 2.35. The van der Waals surface area contributed by atoms with E-state index in [1.165, 1.54) is 26.2 Å². The number of hydrogen-bond donors (Lipinski definition) is 0. The minimum absolute atomic E-state index is 0.814. The highest BCUT2D eigenvalue weighted by molar-refractivity contribution is 9.10. The van der Waals surface area contributed by atoms with Gasteiger partial charge in [-0.2, -0.15) is 0 Å². The molecule has 3 heteroatoms.